The van der Waals surface area contributed by atoms with Gasteiger partial charge in [0.05, 0.1) is 11.5 Å². The topological polar surface area (TPSA) is 189 Å². The average Bonchev–Trinajstić information content (AvgIpc) is 2.70. The number of nitrogens with zero attached hydrogens (tertiary/aromatic N) is 2. The van der Waals surface area contributed by atoms with Crippen molar-refractivity contribution >= 4 is 42.7 Å². The monoisotopic (exact) mass is 557 g/mol. The minimum Gasteiger partial charge on any atom is -0.744 e. The molecule has 0 saturated heterocycles. The van der Waals surface area contributed by atoms with Crippen LogP contribution in [0.25, 0.3) is 10.8 Å². The minimum absolute atomic E-state index is 0. The summed E-state index contributed by atoms with van der Waals surface area (Å²) in [6.07, 6.45) is 0.479. The van der Waals surface area contributed by atoms with E-state index in [-0.39, 0.29) is 53.6 Å². The first kappa shape index (κ1) is 27.7. The average molecular weight is 558 g/mol. The molecule has 3 aromatic carbocycles. The van der Waals surface area contributed by atoms with Crippen molar-refractivity contribution in [2.75, 3.05) is 6.61 Å². The summed E-state index contributed by atoms with van der Waals surface area (Å²) in [5.74, 6) is -1.13. The molecule has 34 heavy (non-hydrogen) atoms. The van der Waals surface area contributed by atoms with Gasteiger partial charge in [-0.05, 0) is 48.9 Å². The molecule has 14 heteroatoms. The van der Waals surface area contributed by atoms with Crippen molar-refractivity contribution in [1.82, 2.24) is 0 Å². The molecule has 0 aliphatic carbocycles. The molecule has 0 bridgehead atoms. The zero-order chi connectivity index (χ0) is 24.4. The number of rotatable bonds is 8. The van der Waals surface area contributed by atoms with Crippen LogP contribution in [0.5, 0.6) is 11.5 Å². The van der Waals surface area contributed by atoms with Gasteiger partial charge in [-0.25, -0.2) is 16.8 Å². The van der Waals surface area contributed by atoms with Crippen LogP contribution in [0.2, 0.25) is 0 Å². The molecule has 0 spiro atoms. The van der Waals surface area contributed by atoms with Crippen molar-refractivity contribution in [2.45, 2.75) is 24.7 Å². The van der Waals surface area contributed by atoms with Crippen LogP contribution in [0.4, 0.5) is 11.4 Å². The van der Waals surface area contributed by atoms with Crippen LogP contribution in [0.15, 0.2) is 57.6 Å². The van der Waals surface area contributed by atoms with E-state index in [9.17, 15) is 36.2 Å². The van der Waals surface area contributed by atoms with Crippen molar-refractivity contribution in [3.05, 3.63) is 53.6 Å². The molecule has 0 unspecified atom stereocenters. The van der Waals surface area contributed by atoms with E-state index in [1.165, 1.54) is 12.1 Å². The molecule has 1 radical (unpaired) electrons. The Morgan fingerprint density at radius 2 is 1.68 bits per heavy atom. The minimum atomic E-state index is -5.01. The molecule has 3 rings (SSSR count). The summed E-state index contributed by atoms with van der Waals surface area (Å²) < 4.78 is 70.3. The van der Waals surface area contributed by atoms with Gasteiger partial charge in [0.1, 0.15) is 27.2 Å². The Morgan fingerprint density at radius 3 is 2.32 bits per heavy atom. The van der Waals surface area contributed by atoms with Crippen LogP contribution in [-0.4, -0.2) is 42.8 Å². The predicted molar refractivity (Wildman–Crippen MR) is 115 cm³/mol. The van der Waals surface area contributed by atoms with Crippen molar-refractivity contribution in [3.63, 3.8) is 0 Å². The molecule has 0 aromatic heterocycles. The van der Waals surface area contributed by atoms with Gasteiger partial charge in [-0.3, -0.25) is 4.18 Å². The number of fused-ring (bicyclic) bond motifs is 1. The third kappa shape index (κ3) is 6.96. The molecule has 187 valence electrons. The first-order chi connectivity index (χ1) is 15.3. The summed E-state index contributed by atoms with van der Waals surface area (Å²) >= 11 is 0. The van der Waals surface area contributed by atoms with E-state index >= 15 is 0 Å². The van der Waals surface area contributed by atoms with Gasteiger partial charge >= 0.3 is 0 Å². The third-order valence-electron chi connectivity index (χ3n) is 4.61. The van der Waals surface area contributed by atoms with Crippen LogP contribution >= 0.6 is 0 Å². The van der Waals surface area contributed by atoms with Crippen molar-refractivity contribution in [2.24, 2.45) is 10.2 Å². The fourth-order valence-electron chi connectivity index (χ4n) is 3.11. The molecule has 3 aromatic rings. The fraction of sp³-hybridized carbons (Fsp3) is 0.200. The maximum atomic E-state index is 11.6. The molecule has 0 amide bonds. The van der Waals surface area contributed by atoms with E-state index in [0.29, 0.717) is 16.3 Å². The van der Waals surface area contributed by atoms with Gasteiger partial charge in [0, 0.05) is 22.5 Å². The number of aryl methyl sites for hydroxylation is 2. The third-order valence-corrected chi connectivity index (χ3v) is 5.92. The van der Waals surface area contributed by atoms with Crippen molar-refractivity contribution < 1.29 is 57.4 Å². The normalized spacial score (nSPS) is 12.2. The first-order valence-corrected chi connectivity index (χ1v) is 12.2. The molecule has 0 fully saturated rings. The molecule has 0 aliphatic rings. The molecule has 0 aliphatic heterocycles. The van der Waals surface area contributed by atoms with Crippen molar-refractivity contribution in [1.29, 1.82) is 0 Å². The number of benzene rings is 3. The number of hydrogen-bond acceptors (Lipinski definition) is 11. The fourth-order valence-corrected chi connectivity index (χ4v) is 4.04. The number of aromatic hydroxyl groups is 2. The predicted octanol–water partition coefficient (Wildman–Crippen LogP) is 3.29. The summed E-state index contributed by atoms with van der Waals surface area (Å²) in [6, 6.07) is 10.2. The second kappa shape index (κ2) is 10.8. The molecule has 0 saturated carbocycles. The summed E-state index contributed by atoms with van der Waals surface area (Å²) in [5, 5.41) is 29.0. The Labute approximate surface area is 206 Å². The van der Waals surface area contributed by atoms with E-state index in [1.807, 2.05) is 0 Å². The Balaban J connectivity index is 0.00000408. The zero-order valence-corrected chi connectivity index (χ0v) is 20.0. The molecule has 0 atom stereocenters. The molecular weight excluding hydrogens is 540 g/mol. The van der Waals surface area contributed by atoms with Crippen LogP contribution in [0, 0.1) is 6.92 Å². The number of hydrogen-bond donors (Lipinski definition) is 2. The van der Waals surface area contributed by atoms with Gasteiger partial charge < -0.3 is 19.3 Å². The zero-order valence-electron chi connectivity index (χ0n) is 17.4. The SMILES string of the molecule is Cc1ccc2c(N=Nc3cc(CCCOS(=O)(=O)[O-])ccc3O)c(O)c(S(=O)(=O)[O-])cc2c1.[Cu]. The summed E-state index contributed by atoms with van der Waals surface area (Å²) in [5.41, 5.74) is 1.10. The molecular formula is C20H18CuN2O9S2-2. The Kier molecular flexibility index (Phi) is 8.77. The van der Waals surface area contributed by atoms with E-state index in [1.54, 1.807) is 31.2 Å². The van der Waals surface area contributed by atoms with Crippen LogP contribution in [-0.2, 0) is 48.2 Å². The largest absolute Gasteiger partial charge is 0.744 e. The smallest absolute Gasteiger partial charge is 0.217 e. The Bertz CT molecular complexity index is 1460. The first-order valence-electron chi connectivity index (χ1n) is 9.41. The quantitative estimate of drug-likeness (QED) is 0.137. The van der Waals surface area contributed by atoms with Gasteiger partial charge in [0.15, 0.2) is 5.75 Å². The van der Waals surface area contributed by atoms with Crippen LogP contribution in [0.1, 0.15) is 17.5 Å². The Morgan fingerprint density at radius 1 is 0.971 bits per heavy atom. The van der Waals surface area contributed by atoms with Crippen LogP contribution in [0.3, 0.4) is 0 Å². The van der Waals surface area contributed by atoms with Gasteiger partial charge in [-0.2, -0.15) is 0 Å². The van der Waals surface area contributed by atoms with Gasteiger partial charge in [-0.1, -0.05) is 29.8 Å². The van der Waals surface area contributed by atoms with E-state index < -0.39 is 31.2 Å². The molecule has 0 heterocycles. The van der Waals surface area contributed by atoms with Crippen molar-refractivity contribution in [3.8, 4) is 11.5 Å². The second-order valence-electron chi connectivity index (χ2n) is 7.11. The van der Waals surface area contributed by atoms with Gasteiger partial charge in [0.25, 0.3) is 0 Å². The maximum absolute atomic E-state index is 11.6. The standard InChI is InChI=1S/C20H20N2O9S2.Cu/c1-12-4-6-15-14(9-12)11-18(32(25,26)27)20(24)19(15)22-21-16-10-13(5-7-17(16)23)3-2-8-31-33(28,29)30;/h4-7,9-11,23-24H,2-3,8H2,1H3,(H,25,26,27)(H,28,29,30);/p-2. The summed E-state index contributed by atoms with van der Waals surface area (Å²) in [4.78, 5) is -0.846. The summed E-state index contributed by atoms with van der Waals surface area (Å²) in [6.45, 7) is 1.44. The number of azo groups is 1. The van der Waals surface area contributed by atoms with Crippen LogP contribution < -0.4 is 0 Å². The Hall–Kier alpha value is -2.58. The maximum Gasteiger partial charge on any atom is 0.217 e. The van der Waals surface area contributed by atoms with E-state index in [0.717, 1.165) is 11.6 Å². The molecule has 2 N–H and O–H groups in total. The second-order valence-corrected chi connectivity index (χ2v) is 9.51. The number of phenols is 2. The van der Waals surface area contributed by atoms with Gasteiger partial charge in [0.2, 0.25) is 10.4 Å². The number of phenolic OH excluding ortho intramolecular Hbond substituents is 2. The van der Waals surface area contributed by atoms with Gasteiger partial charge in [-0.15, -0.1) is 10.2 Å². The summed E-state index contributed by atoms with van der Waals surface area (Å²) in [7, 11) is -9.79. The van der Waals surface area contributed by atoms with E-state index in [4.69, 9.17) is 0 Å². The molecule has 11 nitrogen and oxygen atoms in total. The van der Waals surface area contributed by atoms with E-state index in [2.05, 4.69) is 14.4 Å².